The van der Waals surface area contributed by atoms with Crippen molar-refractivity contribution in [3.8, 4) is 0 Å². The second kappa shape index (κ2) is 4.17. The molecule has 4 heteroatoms. The van der Waals surface area contributed by atoms with Crippen LogP contribution in [0.3, 0.4) is 0 Å². The van der Waals surface area contributed by atoms with Gasteiger partial charge in [-0.25, -0.2) is 4.39 Å². The lowest BCUT2D eigenvalue weighted by molar-refractivity contribution is 0.490. The van der Waals surface area contributed by atoms with Crippen LogP contribution in [0.5, 0.6) is 0 Å². The van der Waals surface area contributed by atoms with Gasteiger partial charge < -0.3 is 5.73 Å². The normalized spacial score (nSPS) is 11.9. The molecule has 0 bridgehead atoms. The van der Waals surface area contributed by atoms with Crippen LogP contribution in [0.1, 0.15) is 19.4 Å². The molecule has 0 amide bonds. The van der Waals surface area contributed by atoms with Crippen LogP contribution in [0.15, 0.2) is 16.6 Å². The molecule has 0 heterocycles. The summed E-state index contributed by atoms with van der Waals surface area (Å²) in [5.74, 6) is -0.392. The van der Waals surface area contributed by atoms with Crippen molar-refractivity contribution in [1.82, 2.24) is 0 Å². The van der Waals surface area contributed by atoms with Crippen LogP contribution < -0.4 is 5.73 Å². The van der Waals surface area contributed by atoms with E-state index in [1.165, 1.54) is 6.07 Å². The van der Waals surface area contributed by atoms with Gasteiger partial charge in [0.2, 0.25) is 0 Å². The summed E-state index contributed by atoms with van der Waals surface area (Å²) in [6.45, 7) is 4.13. The zero-order chi connectivity index (χ0) is 10.9. The van der Waals surface area contributed by atoms with Crippen molar-refractivity contribution in [3.05, 3.63) is 33.0 Å². The first-order chi connectivity index (χ1) is 6.40. The Hall–Kier alpha value is -0.120. The first-order valence-corrected chi connectivity index (χ1v) is 5.41. The van der Waals surface area contributed by atoms with Gasteiger partial charge in [-0.15, -0.1) is 0 Å². The minimum Gasteiger partial charge on any atom is -0.330 e. The molecule has 0 aliphatic rings. The molecule has 0 spiro atoms. The summed E-state index contributed by atoms with van der Waals surface area (Å²) in [4.78, 5) is 0. The fourth-order valence-corrected chi connectivity index (χ4v) is 2.25. The van der Waals surface area contributed by atoms with Gasteiger partial charge in [0.15, 0.2) is 0 Å². The van der Waals surface area contributed by atoms with Crippen molar-refractivity contribution >= 4 is 27.5 Å². The lowest BCUT2D eigenvalue weighted by atomic mass is 9.84. The first kappa shape index (κ1) is 12.0. The molecule has 0 aliphatic carbocycles. The average Bonchev–Trinajstić information content (AvgIpc) is 2.12. The van der Waals surface area contributed by atoms with E-state index in [2.05, 4.69) is 15.9 Å². The molecular weight excluding hydrogens is 268 g/mol. The third-order valence-corrected chi connectivity index (χ3v) is 3.18. The SMILES string of the molecule is CC(C)(CN)c1c(Br)ccc(Cl)c1F. The minimum atomic E-state index is -0.423. The zero-order valence-corrected chi connectivity index (χ0v) is 10.4. The molecule has 2 N–H and O–H groups in total. The van der Waals surface area contributed by atoms with E-state index in [1.807, 2.05) is 13.8 Å². The molecule has 78 valence electrons. The summed E-state index contributed by atoms with van der Waals surface area (Å²) in [7, 11) is 0. The third-order valence-electron chi connectivity index (χ3n) is 2.23. The van der Waals surface area contributed by atoms with Crippen molar-refractivity contribution < 1.29 is 4.39 Å². The Bertz CT molecular complexity index is 352. The summed E-state index contributed by atoms with van der Waals surface area (Å²) < 4.78 is 14.4. The molecule has 14 heavy (non-hydrogen) atoms. The fraction of sp³-hybridized carbons (Fsp3) is 0.400. The number of rotatable bonds is 2. The van der Waals surface area contributed by atoms with Gasteiger partial charge in [-0.1, -0.05) is 41.4 Å². The van der Waals surface area contributed by atoms with Crippen molar-refractivity contribution in [3.63, 3.8) is 0 Å². The van der Waals surface area contributed by atoms with Gasteiger partial charge in [0.25, 0.3) is 0 Å². The third kappa shape index (κ3) is 2.10. The summed E-state index contributed by atoms with van der Waals surface area (Å²) in [6.07, 6.45) is 0. The fourth-order valence-electron chi connectivity index (χ4n) is 1.25. The highest BCUT2D eigenvalue weighted by atomic mass is 79.9. The van der Waals surface area contributed by atoms with Crippen LogP contribution in [0, 0.1) is 5.82 Å². The Labute approximate surface area is 96.6 Å². The lowest BCUT2D eigenvalue weighted by Gasteiger charge is -2.25. The maximum absolute atomic E-state index is 13.7. The van der Waals surface area contributed by atoms with Crippen LogP contribution >= 0.6 is 27.5 Å². The van der Waals surface area contributed by atoms with Gasteiger partial charge in [0.1, 0.15) is 5.82 Å². The Balaban J connectivity index is 3.40. The van der Waals surface area contributed by atoms with E-state index >= 15 is 0 Å². The van der Waals surface area contributed by atoms with E-state index in [0.717, 1.165) is 0 Å². The molecule has 0 saturated heterocycles. The second-order valence-corrected chi connectivity index (χ2v) is 5.07. The maximum atomic E-state index is 13.7. The quantitative estimate of drug-likeness (QED) is 0.825. The molecule has 0 aromatic heterocycles. The molecule has 0 fully saturated rings. The molecule has 1 rings (SSSR count). The smallest absolute Gasteiger partial charge is 0.146 e. The monoisotopic (exact) mass is 279 g/mol. The topological polar surface area (TPSA) is 26.0 Å². The van der Waals surface area contributed by atoms with E-state index in [4.69, 9.17) is 17.3 Å². The predicted octanol–water partition coefficient (Wildman–Crippen LogP) is 3.48. The van der Waals surface area contributed by atoms with E-state index in [9.17, 15) is 4.39 Å². The molecular formula is C10H12BrClFN. The van der Waals surface area contributed by atoms with Gasteiger partial charge in [-0.2, -0.15) is 0 Å². The number of benzene rings is 1. The standard InChI is InChI=1S/C10H12BrClFN/c1-10(2,5-14)8-6(11)3-4-7(12)9(8)13/h3-4H,5,14H2,1-2H3. The van der Waals surface area contributed by atoms with Crippen molar-refractivity contribution in [2.24, 2.45) is 5.73 Å². The predicted molar refractivity (Wildman–Crippen MR) is 61.2 cm³/mol. The van der Waals surface area contributed by atoms with Crippen LogP contribution in [-0.4, -0.2) is 6.54 Å². The first-order valence-electron chi connectivity index (χ1n) is 4.24. The molecule has 1 nitrogen and oxygen atoms in total. The highest BCUT2D eigenvalue weighted by molar-refractivity contribution is 9.10. The van der Waals surface area contributed by atoms with Crippen LogP contribution in [0.25, 0.3) is 0 Å². The summed E-state index contributed by atoms with van der Waals surface area (Å²) >= 11 is 9.02. The second-order valence-electron chi connectivity index (χ2n) is 3.81. The minimum absolute atomic E-state index is 0.129. The summed E-state index contributed by atoms with van der Waals surface area (Å²) in [5.41, 5.74) is 5.71. The number of nitrogens with two attached hydrogens (primary N) is 1. The van der Waals surface area contributed by atoms with E-state index in [0.29, 0.717) is 16.6 Å². The molecule has 0 unspecified atom stereocenters. The van der Waals surface area contributed by atoms with Gasteiger partial charge in [-0.3, -0.25) is 0 Å². The maximum Gasteiger partial charge on any atom is 0.146 e. The molecule has 0 aliphatic heterocycles. The Morgan fingerprint density at radius 3 is 2.57 bits per heavy atom. The van der Waals surface area contributed by atoms with Gasteiger partial charge in [0.05, 0.1) is 5.02 Å². The molecule has 1 aromatic carbocycles. The van der Waals surface area contributed by atoms with Crippen LogP contribution in [0.2, 0.25) is 5.02 Å². The number of halogens is 3. The van der Waals surface area contributed by atoms with Crippen molar-refractivity contribution in [2.75, 3.05) is 6.54 Å². The average molecular weight is 281 g/mol. The number of hydrogen-bond donors (Lipinski definition) is 1. The van der Waals surface area contributed by atoms with E-state index < -0.39 is 11.2 Å². The van der Waals surface area contributed by atoms with Crippen molar-refractivity contribution in [2.45, 2.75) is 19.3 Å². The summed E-state index contributed by atoms with van der Waals surface area (Å²) in [5, 5.41) is 0.129. The van der Waals surface area contributed by atoms with Gasteiger partial charge in [-0.05, 0) is 12.1 Å². The van der Waals surface area contributed by atoms with Crippen LogP contribution in [-0.2, 0) is 5.41 Å². The van der Waals surface area contributed by atoms with Gasteiger partial charge >= 0.3 is 0 Å². The van der Waals surface area contributed by atoms with Crippen LogP contribution in [0.4, 0.5) is 4.39 Å². The molecule has 0 radical (unpaired) electrons. The van der Waals surface area contributed by atoms with E-state index in [1.54, 1.807) is 6.07 Å². The molecule has 0 saturated carbocycles. The van der Waals surface area contributed by atoms with Gasteiger partial charge in [0, 0.05) is 22.0 Å². The summed E-state index contributed by atoms with van der Waals surface area (Å²) in [6, 6.07) is 3.26. The van der Waals surface area contributed by atoms with E-state index in [-0.39, 0.29) is 5.02 Å². The largest absolute Gasteiger partial charge is 0.330 e. The Morgan fingerprint density at radius 1 is 1.50 bits per heavy atom. The highest BCUT2D eigenvalue weighted by Crippen LogP contribution is 2.34. The Morgan fingerprint density at radius 2 is 2.07 bits per heavy atom. The molecule has 1 aromatic rings. The lowest BCUT2D eigenvalue weighted by Crippen LogP contribution is -2.29. The Kier molecular flexibility index (Phi) is 3.56. The number of hydrogen-bond acceptors (Lipinski definition) is 1. The zero-order valence-electron chi connectivity index (χ0n) is 8.07. The highest BCUT2D eigenvalue weighted by Gasteiger charge is 2.26. The van der Waals surface area contributed by atoms with Crippen molar-refractivity contribution in [1.29, 1.82) is 0 Å². The molecule has 0 atom stereocenters.